The molecule has 1 aliphatic carbocycles. The minimum atomic E-state index is -0.821. The molecule has 0 heterocycles. The number of allylic oxidation sites excluding steroid dienone is 2. The van der Waals surface area contributed by atoms with Gasteiger partial charge >= 0.3 is 5.97 Å². The van der Waals surface area contributed by atoms with E-state index in [9.17, 15) is 14.3 Å². The van der Waals surface area contributed by atoms with Crippen molar-refractivity contribution in [3.05, 3.63) is 94.8 Å². The molecule has 0 radical (unpaired) electrons. The normalized spacial score (nSPS) is 15.4. The molecule has 1 N–H and O–H groups in total. The van der Waals surface area contributed by atoms with Gasteiger partial charge in [0.15, 0.2) is 0 Å². The van der Waals surface area contributed by atoms with Gasteiger partial charge in [-0.05, 0) is 79.3 Å². The van der Waals surface area contributed by atoms with E-state index in [2.05, 4.69) is 0 Å². The first-order valence-corrected chi connectivity index (χ1v) is 11.4. The number of carboxylic acid groups (broad SMARTS) is 1. The maximum Gasteiger partial charge on any atom is 0.304 e. The molecular weight excluding hydrogens is 431 g/mol. The Kier molecular flexibility index (Phi) is 7.01. The highest BCUT2D eigenvalue weighted by atomic mass is 19.1. The topological polar surface area (TPSA) is 55.8 Å². The first-order chi connectivity index (χ1) is 16.3. The summed E-state index contributed by atoms with van der Waals surface area (Å²) in [6.07, 6.45) is 3.68. The van der Waals surface area contributed by atoms with Crippen molar-refractivity contribution in [1.82, 2.24) is 0 Å². The number of halogens is 1. The van der Waals surface area contributed by atoms with Crippen molar-refractivity contribution in [1.29, 1.82) is 0 Å². The van der Waals surface area contributed by atoms with Gasteiger partial charge in [-0.1, -0.05) is 42.0 Å². The van der Waals surface area contributed by atoms with Crippen molar-refractivity contribution in [3.8, 4) is 22.6 Å². The highest BCUT2D eigenvalue weighted by Crippen LogP contribution is 2.38. The minimum Gasteiger partial charge on any atom is -0.497 e. The van der Waals surface area contributed by atoms with Crippen LogP contribution in [0.4, 0.5) is 4.39 Å². The maximum absolute atomic E-state index is 14.4. The Bertz CT molecular complexity index is 1210. The quantitative estimate of drug-likeness (QED) is 0.365. The SMILES string of the molecule is COc1ccc(F)c(-c2ccc3c(c2)CCC3Oc2ccc(C(C=C(C)C)CC(=O)O)cc2)c1. The summed E-state index contributed by atoms with van der Waals surface area (Å²) in [5.41, 5.74) is 5.66. The number of carbonyl (C=O) groups is 1. The zero-order valence-electron chi connectivity index (χ0n) is 19.7. The summed E-state index contributed by atoms with van der Waals surface area (Å²) in [5, 5.41) is 9.25. The second-order valence-corrected chi connectivity index (χ2v) is 8.92. The van der Waals surface area contributed by atoms with Crippen LogP contribution in [-0.4, -0.2) is 18.2 Å². The molecule has 3 aromatic carbocycles. The molecule has 0 fully saturated rings. The van der Waals surface area contributed by atoms with Gasteiger partial charge in [0.05, 0.1) is 13.5 Å². The molecule has 0 saturated heterocycles. The lowest BCUT2D eigenvalue weighted by atomic mass is 9.94. The standard InChI is InChI=1S/C29H29FO4/c1-18(2)14-22(16-29(31)32)19-4-8-23(9-5-19)34-28-13-7-20-15-21(6-11-25(20)28)26-17-24(33-3)10-12-27(26)30/h4-6,8-12,14-15,17,22,28H,7,13,16H2,1-3H3,(H,31,32). The zero-order chi connectivity index (χ0) is 24.2. The third-order valence-electron chi connectivity index (χ3n) is 6.17. The number of rotatable bonds is 8. The predicted molar refractivity (Wildman–Crippen MR) is 131 cm³/mol. The number of aryl methyl sites for hydroxylation is 1. The monoisotopic (exact) mass is 460 g/mol. The summed E-state index contributed by atoms with van der Waals surface area (Å²) in [4.78, 5) is 11.3. The highest BCUT2D eigenvalue weighted by molar-refractivity contribution is 5.69. The Morgan fingerprint density at radius 1 is 1.09 bits per heavy atom. The Morgan fingerprint density at radius 2 is 1.82 bits per heavy atom. The van der Waals surface area contributed by atoms with Crippen LogP contribution in [0.5, 0.6) is 11.5 Å². The fourth-order valence-electron chi connectivity index (χ4n) is 4.54. The molecule has 0 aliphatic heterocycles. The number of hydrogen-bond donors (Lipinski definition) is 1. The van der Waals surface area contributed by atoms with Crippen LogP contribution < -0.4 is 9.47 Å². The number of aliphatic carboxylic acids is 1. The molecule has 2 unspecified atom stereocenters. The van der Waals surface area contributed by atoms with Gasteiger partial charge in [-0.15, -0.1) is 0 Å². The fourth-order valence-corrected chi connectivity index (χ4v) is 4.54. The first kappa shape index (κ1) is 23.6. The van der Waals surface area contributed by atoms with Crippen LogP contribution in [0.25, 0.3) is 11.1 Å². The van der Waals surface area contributed by atoms with Crippen LogP contribution in [-0.2, 0) is 11.2 Å². The van der Waals surface area contributed by atoms with Crippen LogP contribution in [0, 0.1) is 5.82 Å². The summed E-state index contributed by atoms with van der Waals surface area (Å²) >= 11 is 0. The number of ether oxygens (including phenoxy) is 2. The molecular formula is C29H29FO4. The van der Waals surface area contributed by atoms with Crippen molar-refractivity contribution in [2.24, 2.45) is 0 Å². The average molecular weight is 461 g/mol. The van der Waals surface area contributed by atoms with Crippen molar-refractivity contribution in [2.75, 3.05) is 7.11 Å². The van der Waals surface area contributed by atoms with E-state index in [1.165, 1.54) is 6.07 Å². The molecule has 5 heteroatoms. The van der Waals surface area contributed by atoms with Gasteiger partial charge in [0.25, 0.3) is 0 Å². The number of benzene rings is 3. The van der Waals surface area contributed by atoms with Gasteiger partial charge < -0.3 is 14.6 Å². The number of fused-ring (bicyclic) bond motifs is 1. The van der Waals surface area contributed by atoms with E-state index in [1.54, 1.807) is 19.2 Å². The molecule has 176 valence electrons. The molecule has 0 saturated carbocycles. The largest absolute Gasteiger partial charge is 0.497 e. The molecule has 4 nitrogen and oxygen atoms in total. The van der Waals surface area contributed by atoms with Crippen molar-refractivity contribution in [2.45, 2.75) is 45.1 Å². The third kappa shape index (κ3) is 5.30. The number of carboxylic acids is 1. The van der Waals surface area contributed by atoms with Crippen LogP contribution in [0.3, 0.4) is 0 Å². The van der Waals surface area contributed by atoms with Gasteiger partial charge in [0.1, 0.15) is 23.4 Å². The van der Waals surface area contributed by atoms with Crippen molar-refractivity contribution >= 4 is 5.97 Å². The van der Waals surface area contributed by atoms with Crippen LogP contribution in [0.2, 0.25) is 0 Å². The van der Waals surface area contributed by atoms with E-state index in [0.29, 0.717) is 11.3 Å². The van der Waals surface area contributed by atoms with Crippen LogP contribution >= 0.6 is 0 Å². The van der Waals surface area contributed by atoms with Gasteiger partial charge in [-0.3, -0.25) is 4.79 Å². The lowest BCUT2D eigenvalue weighted by Crippen LogP contribution is -2.06. The molecule has 4 rings (SSSR count). The van der Waals surface area contributed by atoms with E-state index < -0.39 is 5.97 Å². The second-order valence-electron chi connectivity index (χ2n) is 8.92. The Balaban J connectivity index is 1.51. The summed E-state index contributed by atoms with van der Waals surface area (Å²) in [6.45, 7) is 3.94. The van der Waals surface area contributed by atoms with E-state index in [-0.39, 0.29) is 24.3 Å². The maximum atomic E-state index is 14.4. The minimum absolute atomic E-state index is 0.0532. The Morgan fingerprint density at radius 3 is 2.50 bits per heavy atom. The summed E-state index contributed by atoms with van der Waals surface area (Å²) in [5.74, 6) is 0.103. The molecule has 34 heavy (non-hydrogen) atoms. The molecule has 0 spiro atoms. The third-order valence-corrected chi connectivity index (χ3v) is 6.17. The van der Waals surface area contributed by atoms with E-state index in [4.69, 9.17) is 9.47 Å². The van der Waals surface area contributed by atoms with Gasteiger partial charge in [0.2, 0.25) is 0 Å². The lowest BCUT2D eigenvalue weighted by Gasteiger charge is -2.17. The molecule has 2 atom stereocenters. The smallest absolute Gasteiger partial charge is 0.304 e. The van der Waals surface area contributed by atoms with Gasteiger partial charge in [0, 0.05) is 11.5 Å². The molecule has 0 bridgehead atoms. The predicted octanol–water partition coefficient (Wildman–Crippen LogP) is 7.09. The Labute approximate surface area is 199 Å². The number of methoxy groups -OCH3 is 1. The van der Waals surface area contributed by atoms with E-state index in [0.717, 1.165) is 46.4 Å². The molecule has 0 amide bonds. The van der Waals surface area contributed by atoms with Gasteiger partial charge in [-0.25, -0.2) is 4.39 Å². The Hall–Kier alpha value is -3.60. The lowest BCUT2D eigenvalue weighted by molar-refractivity contribution is -0.137. The summed E-state index contributed by atoms with van der Waals surface area (Å²) in [7, 11) is 1.57. The van der Waals surface area contributed by atoms with Crippen LogP contribution in [0.1, 0.15) is 55.4 Å². The van der Waals surface area contributed by atoms with E-state index in [1.807, 2.05) is 62.4 Å². The summed E-state index contributed by atoms with van der Waals surface area (Å²) < 4.78 is 25.9. The average Bonchev–Trinajstić information content (AvgIpc) is 3.21. The van der Waals surface area contributed by atoms with Crippen molar-refractivity contribution in [3.63, 3.8) is 0 Å². The first-order valence-electron chi connectivity index (χ1n) is 11.4. The second kappa shape index (κ2) is 10.1. The molecule has 1 aliphatic rings. The molecule has 0 aromatic heterocycles. The van der Waals surface area contributed by atoms with E-state index >= 15 is 0 Å². The van der Waals surface area contributed by atoms with Gasteiger partial charge in [-0.2, -0.15) is 0 Å². The fraction of sp³-hybridized carbons (Fsp3) is 0.276. The summed E-state index contributed by atoms with van der Waals surface area (Å²) in [6, 6.07) is 18.4. The number of hydrogen-bond acceptors (Lipinski definition) is 3. The zero-order valence-corrected chi connectivity index (χ0v) is 19.7. The van der Waals surface area contributed by atoms with Crippen molar-refractivity contribution < 1.29 is 23.8 Å². The highest BCUT2D eigenvalue weighted by Gasteiger charge is 2.25. The molecule has 3 aromatic rings. The van der Waals surface area contributed by atoms with Crippen LogP contribution in [0.15, 0.2) is 72.3 Å².